The van der Waals surface area contributed by atoms with Crippen molar-refractivity contribution >= 4 is 11.8 Å². The van der Waals surface area contributed by atoms with E-state index < -0.39 is 11.3 Å². The number of pyridine rings is 1. The normalized spacial score (nSPS) is 11.0. The van der Waals surface area contributed by atoms with Gasteiger partial charge in [0, 0.05) is 38.6 Å². The van der Waals surface area contributed by atoms with Crippen molar-refractivity contribution in [1.82, 2.24) is 14.8 Å². The highest BCUT2D eigenvalue weighted by Gasteiger charge is 2.22. The van der Waals surface area contributed by atoms with Crippen LogP contribution in [0.2, 0.25) is 0 Å². The lowest BCUT2D eigenvalue weighted by atomic mass is 10.1. The Morgan fingerprint density at radius 2 is 1.67 bits per heavy atom. The fourth-order valence-corrected chi connectivity index (χ4v) is 3.28. The molecule has 6 nitrogen and oxygen atoms in total. The lowest BCUT2D eigenvalue weighted by Gasteiger charge is -2.21. The molecule has 2 rings (SSSR count). The monoisotopic (exact) mass is 411 g/mol. The summed E-state index contributed by atoms with van der Waals surface area (Å²) in [6.07, 6.45) is 4.71. The highest BCUT2D eigenvalue weighted by molar-refractivity contribution is 5.99. The second-order valence-corrected chi connectivity index (χ2v) is 8.38. The van der Waals surface area contributed by atoms with Gasteiger partial charge in [-0.1, -0.05) is 44.2 Å². The van der Waals surface area contributed by atoms with Gasteiger partial charge in [-0.2, -0.15) is 0 Å². The van der Waals surface area contributed by atoms with E-state index in [1.165, 1.54) is 10.5 Å². The minimum absolute atomic E-state index is 0.00667. The number of amides is 2. The summed E-state index contributed by atoms with van der Waals surface area (Å²) in [7, 11) is 1.68. The van der Waals surface area contributed by atoms with E-state index in [2.05, 4.69) is 5.32 Å². The number of hydrogen-bond donors (Lipinski definition) is 1. The second-order valence-electron chi connectivity index (χ2n) is 8.38. The molecule has 0 spiro atoms. The maximum Gasteiger partial charge on any atom is 0.259 e. The molecule has 1 N–H and O–H groups in total. The third-order valence-electron chi connectivity index (χ3n) is 4.87. The van der Waals surface area contributed by atoms with Gasteiger partial charge in [0.05, 0.1) is 0 Å². The van der Waals surface area contributed by atoms with Gasteiger partial charge in [-0.25, -0.2) is 0 Å². The minimum atomic E-state index is -0.520. The average Bonchev–Trinajstić information content (AvgIpc) is 2.70. The van der Waals surface area contributed by atoms with Gasteiger partial charge in [0.15, 0.2) is 0 Å². The number of carbonyl (C=O) groups is 2. The first-order chi connectivity index (χ1) is 14.2. The van der Waals surface area contributed by atoms with Crippen LogP contribution in [0.3, 0.4) is 0 Å². The molecule has 0 aliphatic carbocycles. The van der Waals surface area contributed by atoms with E-state index in [-0.39, 0.29) is 29.0 Å². The first kappa shape index (κ1) is 23.4. The highest BCUT2D eigenvalue weighted by Crippen LogP contribution is 2.10. The van der Waals surface area contributed by atoms with Gasteiger partial charge in [-0.05, 0) is 38.2 Å². The van der Waals surface area contributed by atoms with Gasteiger partial charge < -0.3 is 14.8 Å². The summed E-state index contributed by atoms with van der Waals surface area (Å²) in [4.78, 5) is 40.1. The third-order valence-corrected chi connectivity index (χ3v) is 4.87. The highest BCUT2D eigenvalue weighted by atomic mass is 16.2. The summed E-state index contributed by atoms with van der Waals surface area (Å²) >= 11 is 0. The molecular weight excluding hydrogens is 378 g/mol. The van der Waals surface area contributed by atoms with Crippen LogP contribution in [-0.4, -0.2) is 41.4 Å². The first-order valence-electron chi connectivity index (χ1n) is 10.5. The van der Waals surface area contributed by atoms with E-state index in [0.717, 1.165) is 12.8 Å². The van der Waals surface area contributed by atoms with Gasteiger partial charge >= 0.3 is 0 Å². The number of benzene rings is 1. The second kappa shape index (κ2) is 10.8. The number of hydrogen-bond acceptors (Lipinski definition) is 3. The van der Waals surface area contributed by atoms with Crippen LogP contribution < -0.4 is 10.7 Å². The maximum absolute atomic E-state index is 12.9. The Morgan fingerprint density at radius 3 is 2.27 bits per heavy atom. The molecule has 1 heterocycles. The summed E-state index contributed by atoms with van der Waals surface area (Å²) in [6, 6.07) is 10.1. The molecular formula is C24H33N3O3. The van der Waals surface area contributed by atoms with Crippen LogP contribution >= 0.6 is 0 Å². The van der Waals surface area contributed by atoms with Crippen LogP contribution in [0, 0.1) is 5.92 Å². The molecule has 0 saturated heterocycles. The van der Waals surface area contributed by atoms with Gasteiger partial charge in [0.25, 0.3) is 11.8 Å². The van der Waals surface area contributed by atoms with Crippen LogP contribution in [0.15, 0.2) is 47.5 Å². The van der Waals surface area contributed by atoms with E-state index >= 15 is 0 Å². The molecule has 0 unspecified atom stereocenters. The number of nitrogens with zero attached hydrogens (tertiary/aromatic N) is 2. The predicted octanol–water partition coefficient (Wildman–Crippen LogP) is 3.52. The van der Waals surface area contributed by atoms with E-state index in [4.69, 9.17) is 0 Å². The Labute approximate surface area is 178 Å². The minimum Gasteiger partial charge on any atom is -0.352 e. The van der Waals surface area contributed by atoms with Gasteiger partial charge in [-0.3, -0.25) is 14.4 Å². The molecule has 2 amide bonds. The molecule has 0 bridgehead atoms. The quantitative estimate of drug-likeness (QED) is 0.642. The summed E-state index contributed by atoms with van der Waals surface area (Å²) in [5.41, 5.74) is 0.721. The van der Waals surface area contributed by atoms with Crippen molar-refractivity contribution in [3.05, 3.63) is 69.6 Å². The topological polar surface area (TPSA) is 71.4 Å². The van der Waals surface area contributed by atoms with Crippen molar-refractivity contribution in [3.63, 3.8) is 0 Å². The third kappa shape index (κ3) is 6.31. The Hall–Kier alpha value is -2.89. The zero-order valence-electron chi connectivity index (χ0n) is 18.6. The predicted molar refractivity (Wildman–Crippen MR) is 120 cm³/mol. The number of aryl methyl sites for hydroxylation is 1. The number of rotatable bonds is 9. The van der Waals surface area contributed by atoms with E-state index in [1.54, 1.807) is 24.0 Å². The van der Waals surface area contributed by atoms with E-state index in [1.807, 2.05) is 58.0 Å². The Kier molecular flexibility index (Phi) is 8.39. The van der Waals surface area contributed by atoms with Crippen molar-refractivity contribution in [2.24, 2.45) is 5.92 Å². The molecule has 0 fully saturated rings. The Balaban J connectivity index is 2.17. The van der Waals surface area contributed by atoms with Crippen LogP contribution in [0.25, 0.3) is 0 Å². The summed E-state index contributed by atoms with van der Waals surface area (Å²) < 4.78 is 1.75. The van der Waals surface area contributed by atoms with E-state index in [9.17, 15) is 14.4 Å². The molecule has 162 valence electrons. The molecule has 0 saturated carbocycles. The van der Waals surface area contributed by atoms with Crippen molar-refractivity contribution in [2.75, 3.05) is 20.1 Å². The Bertz CT molecular complexity index is 917. The zero-order valence-corrected chi connectivity index (χ0v) is 18.6. The number of carbonyl (C=O) groups excluding carboxylic acids is 2. The standard InChI is InChI=1S/C24H33N3O3/c1-17(2)14-26(5)24(30)21-16-27(18(3)4)15-20(22(21)28)23(29)25-13-9-12-19-10-7-6-8-11-19/h6-8,10-11,15-18H,9,12-14H2,1-5H3,(H,25,29). The van der Waals surface area contributed by atoms with Crippen LogP contribution in [0.4, 0.5) is 0 Å². The molecule has 6 heteroatoms. The van der Waals surface area contributed by atoms with Gasteiger partial charge in [-0.15, -0.1) is 0 Å². The molecule has 0 aliphatic heterocycles. The molecule has 0 radical (unpaired) electrons. The van der Waals surface area contributed by atoms with Crippen molar-refractivity contribution in [3.8, 4) is 0 Å². The van der Waals surface area contributed by atoms with Crippen LogP contribution in [0.1, 0.15) is 66.4 Å². The molecule has 1 aromatic heterocycles. The van der Waals surface area contributed by atoms with Crippen molar-refractivity contribution in [1.29, 1.82) is 0 Å². The lowest BCUT2D eigenvalue weighted by Crippen LogP contribution is -2.37. The average molecular weight is 412 g/mol. The first-order valence-corrected chi connectivity index (χ1v) is 10.5. The zero-order chi connectivity index (χ0) is 22.3. The van der Waals surface area contributed by atoms with Gasteiger partial charge in [0.2, 0.25) is 5.43 Å². The maximum atomic E-state index is 12.9. The fourth-order valence-electron chi connectivity index (χ4n) is 3.28. The van der Waals surface area contributed by atoms with Crippen LogP contribution in [-0.2, 0) is 6.42 Å². The van der Waals surface area contributed by atoms with E-state index in [0.29, 0.717) is 13.1 Å². The smallest absolute Gasteiger partial charge is 0.259 e. The van der Waals surface area contributed by atoms with Gasteiger partial charge in [0.1, 0.15) is 11.1 Å². The largest absolute Gasteiger partial charge is 0.352 e. The molecule has 30 heavy (non-hydrogen) atoms. The Morgan fingerprint density at radius 1 is 1.03 bits per heavy atom. The molecule has 0 aliphatic rings. The summed E-state index contributed by atoms with van der Waals surface area (Å²) in [6.45, 7) is 8.90. The fraction of sp³-hybridized carbons (Fsp3) is 0.458. The summed E-state index contributed by atoms with van der Waals surface area (Å²) in [5.74, 6) is -0.521. The lowest BCUT2D eigenvalue weighted by molar-refractivity contribution is 0.0777. The van der Waals surface area contributed by atoms with Crippen molar-refractivity contribution in [2.45, 2.75) is 46.6 Å². The van der Waals surface area contributed by atoms with Crippen LogP contribution in [0.5, 0.6) is 0 Å². The number of aromatic nitrogens is 1. The number of nitrogens with one attached hydrogen (secondary N) is 1. The SMILES string of the molecule is CC(C)CN(C)C(=O)c1cn(C(C)C)cc(C(=O)NCCCc2ccccc2)c1=O. The molecule has 0 atom stereocenters. The van der Waals surface area contributed by atoms with Crippen molar-refractivity contribution < 1.29 is 9.59 Å². The molecule has 2 aromatic rings. The molecule has 1 aromatic carbocycles. The summed E-state index contributed by atoms with van der Waals surface area (Å²) in [5, 5.41) is 2.83.